The zero-order valence-corrected chi connectivity index (χ0v) is 49.6. The average molecular weight is 1250 g/mol. The van der Waals surface area contributed by atoms with Crippen molar-refractivity contribution in [2.75, 3.05) is 100 Å². The van der Waals surface area contributed by atoms with Gasteiger partial charge in [-0.15, -0.1) is 22.1 Å². The number of hydrogen-bond donors (Lipinski definition) is 1. The molecule has 21 heteroatoms. The molecule has 20 nitrogen and oxygen atoms in total. The minimum Gasteiger partial charge on any atom is -0.657 e. The molecule has 8 bridgehead atoms. The summed E-state index contributed by atoms with van der Waals surface area (Å²) in [6.45, 7) is 10.9. The number of aromatic hydroxyl groups is 1. The van der Waals surface area contributed by atoms with Crippen LogP contribution < -0.4 is 24.2 Å². The summed E-state index contributed by atoms with van der Waals surface area (Å²) in [5.74, 6) is 1.21. The molecule has 0 fully saturated rings. The molecule has 2 aliphatic heterocycles. The number of benzene rings is 4. The van der Waals surface area contributed by atoms with Crippen molar-refractivity contribution in [1.82, 2.24) is 19.9 Å². The number of fused-ring (bicyclic) bond motifs is 8. The molecule has 0 aliphatic carbocycles. The van der Waals surface area contributed by atoms with Crippen molar-refractivity contribution in [3.8, 4) is 67.5 Å². The number of carbonyl (C=O) groups excluding carboxylic acids is 3. The standard InChI is InChI=1S/C68H64N4O16.Co/c1-4-50(73)37-80-43-83-40-77-31-34-86-54-17-9-47(10-18-54)66-59-25-23-57(69-59)65(46-7-15-53(76)16-8-46)58-24-26-60(70-58)67(48-11-19-55(20-12-48)87-35-32-78-41-84-44-81-38-51(74)5-2)62-28-30-64(72-62)68(63-29-27-61(66)71-63)49-13-21-56(22-14-49)88-36-33-79-42-85-45-82-39-52(75)6-3;/h4-30H,1-3,31-45H2,(H-2,69,70,71,72,76);/q-2;+2. The van der Waals surface area contributed by atoms with Crippen LogP contribution in [0.3, 0.4) is 0 Å². The second-order valence-corrected chi connectivity index (χ2v) is 19.1. The van der Waals surface area contributed by atoms with Gasteiger partial charge < -0.3 is 71.9 Å². The second-order valence-electron chi connectivity index (χ2n) is 19.1. The summed E-state index contributed by atoms with van der Waals surface area (Å²) < 4.78 is 66.0. The van der Waals surface area contributed by atoms with E-state index in [9.17, 15) is 19.5 Å². The predicted octanol–water partition coefficient (Wildman–Crippen LogP) is 10.6. The first-order chi connectivity index (χ1) is 43.2. The molecule has 0 saturated carbocycles. The van der Waals surface area contributed by atoms with Crippen molar-refractivity contribution in [2.45, 2.75) is 0 Å². The number of ketones is 3. The first-order valence-electron chi connectivity index (χ1n) is 27.9. The van der Waals surface area contributed by atoms with E-state index in [2.05, 4.69) is 19.7 Å². The fourth-order valence-corrected chi connectivity index (χ4v) is 8.94. The van der Waals surface area contributed by atoms with Gasteiger partial charge in [0.1, 0.15) is 103 Å². The zero-order valence-electron chi connectivity index (χ0n) is 48.5. The van der Waals surface area contributed by atoms with Gasteiger partial charge in [0.25, 0.3) is 0 Å². The summed E-state index contributed by atoms with van der Waals surface area (Å²) in [7, 11) is 0. The van der Waals surface area contributed by atoms with Crippen LogP contribution >= 0.6 is 0 Å². The van der Waals surface area contributed by atoms with Crippen LogP contribution in [0.1, 0.15) is 22.8 Å². The Morgan fingerprint density at radius 2 is 0.618 bits per heavy atom. The Hall–Kier alpha value is -8.94. The second kappa shape index (κ2) is 34.6. The number of hydrogen-bond acceptors (Lipinski definition) is 18. The van der Waals surface area contributed by atoms with Crippen molar-refractivity contribution >= 4 is 63.7 Å². The molecule has 2 aliphatic rings. The molecule has 3 aromatic heterocycles. The van der Waals surface area contributed by atoms with E-state index in [1.54, 1.807) is 12.1 Å². The maximum absolute atomic E-state index is 11.4. The first-order valence-corrected chi connectivity index (χ1v) is 27.9. The minimum absolute atomic E-state index is 0. The Bertz CT molecular complexity index is 3690. The van der Waals surface area contributed by atoms with Gasteiger partial charge >= 0.3 is 16.8 Å². The summed E-state index contributed by atoms with van der Waals surface area (Å²) in [5.41, 5.74) is 11.4. The third-order valence-corrected chi connectivity index (χ3v) is 13.1. The largest absolute Gasteiger partial charge is 2.00 e. The molecule has 1 radical (unpaired) electrons. The molecule has 0 amide bonds. The maximum atomic E-state index is 11.4. The molecular weight excluding hydrogens is 1190 g/mol. The molecule has 0 spiro atoms. The molecule has 5 heterocycles. The Kier molecular flexibility index (Phi) is 25.6. The third kappa shape index (κ3) is 19.0. The van der Waals surface area contributed by atoms with Crippen molar-refractivity contribution < 1.29 is 93.1 Å². The number of carbonyl (C=O) groups is 3. The van der Waals surface area contributed by atoms with Gasteiger partial charge in [-0.05, 0) is 136 Å². The molecule has 461 valence electrons. The smallest absolute Gasteiger partial charge is 0.657 e. The van der Waals surface area contributed by atoms with Crippen molar-refractivity contribution in [2.24, 2.45) is 0 Å². The molecule has 0 unspecified atom stereocenters. The van der Waals surface area contributed by atoms with E-state index in [0.29, 0.717) is 62.1 Å². The summed E-state index contributed by atoms with van der Waals surface area (Å²) in [5, 5.41) is 10.5. The van der Waals surface area contributed by atoms with Crippen LogP contribution in [0.5, 0.6) is 23.0 Å². The SMILES string of the molecule is C=CC(=O)COCOCOCCOc1ccc(-c2c3nc(c(-c4ccc(OCCOCOCOCC(=O)C=C)cc4)c4ccc([n-]4)c(-c4ccc(OCCOCOCOCC(=O)C=C)cc4)c4nc(c(-c5ccc(O)cc5)c5ccc2[n-]5)C=C4)C=C3)cc1.[Co+2]. The molecule has 1 N–H and O–H groups in total. The van der Waals surface area contributed by atoms with E-state index in [-0.39, 0.29) is 140 Å². The summed E-state index contributed by atoms with van der Waals surface area (Å²) in [4.78, 5) is 55.6. The van der Waals surface area contributed by atoms with Crippen molar-refractivity contribution in [1.29, 1.82) is 0 Å². The average Bonchev–Trinajstić information content (AvgIpc) is 1.89. The number of aromatic nitrogens is 4. The number of ether oxygens (including phenoxy) is 12. The van der Waals surface area contributed by atoms with Crippen LogP contribution in [-0.2, 0) is 73.8 Å². The van der Waals surface area contributed by atoms with Crippen LogP contribution in [0.25, 0.3) is 90.9 Å². The van der Waals surface area contributed by atoms with Crippen LogP contribution in [0.4, 0.5) is 0 Å². The molecule has 0 atom stereocenters. The number of phenols is 1. The Morgan fingerprint density at radius 3 is 0.888 bits per heavy atom. The first kappa shape index (κ1) is 66.0. The van der Waals surface area contributed by atoms with E-state index in [0.717, 1.165) is 44.5 Å². The van der Waals surface area contributed by atoms with Gasteiger partial charge in [-0.2, -0.15) is 0 Å². The van der Waals surface area contributed by atoms with E-state index >= 15 is 0 Å². The Balaban J connectivity index is 0.0000102. The molecular formula is C68H64CoN4O16. The van der Waals surface area contributed by atoms with Crippen LogP contribution in [0.15, 0.2) is 159 Å². The van der Waals surface area contributed by atoms with E-state index in [4.69, 9.17) is 76.8 Å². The van der Waals surface area contributed by atoms with Gasteiger partial charge in [0.15, 0.2) is 17.3 Å². The van der Waals surface area contributed by atoms with Gasteiger partial charge in [-0.25, -0.2) is 9.97 Å². The van der Waals surface area contributed by atoms with Crippen LogP contribution in [-0.4, -0.2) is 133 Å². The monoisotopic (exact) mass is 1250 g/mol. The normalized spacial score (nSPS) is 11.5. The van der Waals surface area contributed by atoms with E-state index in [1.807, 2.05) is 133 Å². The molecule has 7 aromatic rings. The van der Waals surface area contributed by atoms with Gasteiger partial charge in [-0.1, -0.05) is 92.5 Å². The predicted molar refractivity (Wildman–Crippen MR) is 330 cm³/mol. The maximum Gasteiger partial charge on any atom is 2.00 e. The van der Waals surface area contributed by atoms with Gasteiger partial charge in [0.2, 0.25) is 0 Å². The summed E-state index contributed by atoms with van der Waals surface area (Å²) in [6.07, 6.45) is 11.4. The zero-order chi connectivity index (χ0) is 61.3. The number of nitrogens with zero attached hydrogens (tertiary/aromatic N) is 4. The fraction of sp³-hybridized carbons (Fsp3) is 0.221. The fourth-order valence-electron chi connectivity index (χ4n) is 8.94. The van der Waals surface area contributed by atoms with Crippen molar-refractivity contribution in [3.63, 3.8) is 0 Å². The minimum atomic E-state index is -0.243. The van der Waals surface area contributed by atoms with Crippen molar-refractivity contribution in [3.05, 3.63) is 182 Å². The van der Waals surface area contributed by atoms with Gasteiger partial charge in [0, 0.05) is 0 Å². The summed E-state index contributed by atoms with van der Waals surface area (Å²) >= 11 is 0. The van der Waals surface area contributed by atoms with E-state index in [1.165, 1.54) is 18.2 Å². The number of rotatable bonds is 37. The summed E-state index contributed by atoms with van der Waals surface area (Å²) in [6, 6.07) is 37.9. The quantitative estimate of drug-likeness (QED) is 0.0216. The van der Waals surface area contributed by atoms with Crippen LogP contribution in [0.2, 0.25) is 0 Å². The molecule has 4 aromatic carbocycles. The molecule has 0 saturated heterocycles. The number of phenolic OH excluding ortho intramolecular Hbond substituents is 1. The van der Waals surface area contributed by atoms with Gasteiger partial charge in [-0.3, -0.25) is 14.4 Å². The van der Waals surface area contributed by atoms with Gasteiger partial charge in [0.05, 0.1) is 42.6 Å². The topological polar surface area (TPSA) is 236 Å². The molecule has 89 heavy (non-hydrogen) atoms. The Labute approximate surface area is 524 Å². The molecule has 9 rings (SSSR count). The third-order valence-electron chi connectivity index (χ3n) is 13.1. The van der Waals surface area contributed by atoms with E-state index < -0.39 is 0 Å². The van der Waals surface area contributed by atoms with Crippen LogP contribution in [0, 0.1) is 0 Å². The Morgan fingerprint density at radius 1 is 0.360 bits per heavy atom.